The predicted octanol–water partition coefficient (Wildman–Crippen LogP) is 4.23. The molecule has 3 rings (SSSR count). The second-order valence-corrected chi connectivity index (χ2v) is 6.77. The van der Waals surface area contributed by atoms with Crippen LogP contribution in [0, 0.1) is 0 Å². The van der Waals surface area contributed by atoms with Crippen molar-refractivity contribution in [1.82, 2.24) is 10.7 Å². The van der Waals surface area contributed by atoms with Gasteiger partial charge in [0, 0.05) is 18.7 Å². The van der Waals surface area contributed by atoms with Crippen molar-refractivity contribution in [1.29, 1.82) is 0 Å². The molecular formula is C17H17Cl2N3O2S. The van der Waals surface area contributed by atoms with E-state index in [2.05, 4.69) is 15.8 Å². The number of nitrogens with one attached hydrogen (secondary N) is 2. The lowest BCUT2D eigenvalue weighted by Crippen LogP contribution is -2.37. The van der Waals surface area contributed by atoms with Gasteiger partial charge in [0.25, 0.3) is 0 Å². The highest BCUT2D eigenvalue weighted by atomic mass is 35.5. The smallest absolute Gasteiger partial charge is 0.187 e. The van der Waals surface area contributed by atoms with Gasteiger partial charge in [-0.05, 0) is 55.4 Å². The average molecular weight is 398 g/mol. The summed E-state index contributed by atoms with van der Waals surface area (Å²) in [7, 11) is 0. The minimum absolute atomic E-state index is 0.225. The number of hydrogen-bond donors (Lipinski definition) is 2. The number of thiocarbonyl (C=S) groups is 1. The van der Waals surface area contributed by atoms with Gasteiger partial charge in [-0.15, -0.1) is 0 Å². The summed E-state index contributed by atoms with van der Waals surface area (Å²) in [5.41, 5.74) is 3.60. The van der Waals surface area contributed by atoms with Gasteiger partial charge >= 0.3 is 0 Å². The Balaban J connectivity index is 1.51. The standard InChI is InChI=1S/C17H17Cl2N3O2S/c18-14-5-3-11(8-15(14)19)16-6-4-13(24-16)10-21-22-17(25)20-9-12-2-1-7-23-12/h3-6,8,10,12H,1-2,7,9H2,(H2,20,22,25)/b21-10+. The minimum Gasteiger partial charge on any atom is -0.455 e. The van der Waals surface area contributed by atoms with Crippen LogP contribution in [0.5, 0.6) is 0 Å². The third-order valence-electron chi connectivity index (χ3n) is 3.70. The maximum Gasteiger partial charge on any atom is 0.187 e. The summed E-state index contributed by atoms with van der Waals surface area (Å²) >= 11 is 17.1. The molecule has 0 amide bonds. The zero-order valence-corrected chi connectivity index (χ0v) is 15.6. The second kappa shape index (κ2) is 8.67. The third-order valence-corrected chi connectivity index (χ3v) is 4.68. The lowest BCUT2D eigenvalue weighted by atomic mass is 10.2. The van der Waals surface area contributed by atoms with Crippen molar-refractivity contribution in [2.24, 2.45) is 5.10 Å². The fraction of sp³-hybridized carbons (Fsp3) is 0.294. The molecule has 1 atom stereocenters. The summed E-state index contributed by atoms with van der Waals surface area (Å²) < 4.78 is 11.2. The quantitative estimate of drug-likeness (QED) is 0.449. The van der Waals surface area contributed by atoms with Gasteiger partial charge in [0.2, 0.25) is 0 Å². The van der Waals surface area contributed by atoms with Crippen molar-refractivity contribution in [3.05, 3.63) is 46.1 Å². The van der Waals surface area contributed by atoms with Crippen LogP contribution in [-0.4, -0.2) is 30.6 Å². The molecule has 2 N–H and O–H groups in total. The Morgan fingerprint density at radius 3 is 2.92 bits per heavy atom. The SMILES string of the molecule is S=C(NCC1CCCO1)N/N=C/c1ccc(-c2ccc(Cl)c(Cl)c2)o1. The first-order chi connectivity index (χ1) is 12.1. The molecule has 5 nitrogen and oxygen atoms in total. The second-order valence-electron chi connectivity index (χ2n) is 5.55. The lowest BCUT2D eigenvalue weighted by molar-refractivity contribution is 0.114. The van der Waals surface area contributed by atoms with Crippen molar-refractivity contribution >= 4 is 46.7 Å². The molecule has 1 fully saturated rings. The topological polar surface area (TPSA) is 58.8 Å². The highest BCUT2D eigenvalue weighted by Crippen LogP contribution is 2.29. The van der Waals surface area contributed by atoms with Gasteiger partial charge in [0.1, 0.15) is 11.5 Å². The summed E-state index contributed by atoms with van der Waals surface area (Å²) in [6.45, 7) is 1.51. The van der Waals surface area contributed by atoms with Crippen molar-refractivity contribution in [2.75, 3.05) is 13.2 Å². The van der Waals surface area contributed by atoms with E-state index in [9.17, 15) is 0 Å². The van der Waals surface area contributed by atoms with Crippen LogP contribution < -0.4 is 10.7 Å². The van der Waals surface area contributed by atoms with Crippen molar-refractivity contribution in [3.63, 3.8) is 0 Å². The molecule has 1 unspecified atom stereocenters. The van der Waals surface area contributed by atoms with Gasteiger partial charge in [0.05, 0.1) is 22.4 Å². The van der Waals surface area contributed by atoms with Crippen LogP contribution in [-0.2, 0) is 4.74 Å². The Morgan fingerprint density at radius 2 is 2.16 bits per heavy atom. The summed E-state index contributed by atoms with van der Waals surface area (Å²) in [4.78, 5) is 0. The maximum absolute atomic E-state index is 6.03. The first kappa shape index (κ1) is 18.2. The highest BCUT2D eigenvalue weighted by Gasteiger charge is 2.15. The van der Waals surface area contributed by atoms with Gasteiger partial charge < -0.3 is 14.5 Å². The van der Waals surface area contributed by atoms with Crippen LogP contribution in [0.2, 0.25) is 10.0 Å². The summed E-state index contributed by atoms with van der Waals surface area (Å²) in [6, 6.07) is 8.98. The molecule has 132 valence electrons. The molecular weight excluding hydrogens is 381 g/mol. The van der Waals surface area contributed by atoms with E-state index in [1.165, 1.54) is 0 Å². The fourth-order valence-corrected chi connectivity index (χ4v) is 2.87. The molecule has 1 aromatic heterocycles. The summed E-state index contributed by atoms with van der Waals surface area (Å²) in [6.07, 6.45) is 3.94. The van der Waals surface area contributed by atoms with Crippen LogP contribution in [0.1, 0.15) is 18.6 Å². The molecule has 1 saturated heterocycles. The van der Waals surface area contributed by atoms with E-state index >= 15 is 0 Å². The van der Waals surface area contributed by atoms with Gasteiger partial charge in [-0.2, -0.15) is 5.10 Å². The Morgan fingerprint density at radius 1 is 1.28 bits per heavy atom. The molecule has 0 bridgehead atoms. The van der Waals surface area contributed by atoms with Gasteiger partial charge in [-0.25, -0.2) is 0 Å². The number of nitrogens with zero attached hydrogens (tertiary/aromatic N) is 1. The molecule has 1 aromatic carbocycles. The first-order valence-corrected chi connectivity index (χ1v) is 9.02. The largest absolute Gasteiger partial charge is 0.455 e. The molecule has 0 aliphatic carbocycles. The van der Waals surface area contributed by atoms with Crippen LogP contribution in [0.3, 0.4) is 0 Å². The highest BCUT2D eigenvalue weighted by molar-refractivity contribution is 7.80. The molecule has 0 spiro atoms. The Hall–Kier alpha value is -1.60. The molecule has 0 radical (unpaired) electrons. The van der Waals surface area contributed by atoms with Gasteiger partial charge in [-0.3, -0.25) is 5.43 Å². The monoisotopic (exact) mass is 397 g/mol. The molecule has 25 heavy (non-hydrogen) atoms. The van der Waals surface area contributed by atoms with E-state index in [1.807, 2.05) is 18.2 Å². The van der Waals surface area contributed by atoms with Crippen LogP contribution in [0.25, 0.3) is 11.3 Å². The van der Waals surface area contributed by atoms with E-state index in [0.29, 0.717) is 33.2 Å². The number of ether oxygens (including phenoxy) is 1. The molecule has 1 aliphatic rings. The molecule has 8 heteroatoms. The Bertz CT molecular complexity index is 773. The third kappa shape index (κ3) is 5.19. The number of furan rings is 1. The molecule has 0 saturated carbocycles. The maximum atomic E-state index is 6.03. The van der Waals surface area contributed by atoms with E-state index < -0.39 is 0 Å². The number of rotatable bonds is 5. The minimum atomic E-state index is 0.225. The van der Waals surface area contributed by atoms with E-state index in [4.69, 9.17) is 44.6 Å². The molecule has 2 heterocycles. The lowest BCUT2D eigenvalue weighted by Gasteiger charge is -2.11. The number of halogens is 2. The molecule has 1 aliphatic heterocycles. The van der Waals surface area contributed by atoms with E-state index in [-0.39, 0.29) is 6.10 Å². The molecule has 2 aromatic rings. The number of hydrazone groups is 1. The average Bonchev–Trinajstić information content (AvgIpc) is 3.27. The van der Waals surface area contributed by atoms with E-state index in [0.717, 1.165) is 25.0 Å². The normalized spacial score (nSPS) is 17.1. The fourth-order valence-electron chi connectivity index (χ4n) is 2.43. The number of hydrogen-bond acceptors (Lipinski definition) is 4. The zero-order valence-electron chi connectivity index (χ0n) is 13.3. The van der Waals surface area contributed by atoms with Crippen molar-refractivity contribution < 1.29 is 9.15 Å². The van der Waals surface area contributed by atoms with Crippen molar-refractivity contribution in [3.8, 4) is 11.3 Å². The summed E-state index contributed by atoms with van der Waals surface area (Å²) in [5, 5.41) is 8.58. The summed E-state index contributed by atoms with van der Waals surface area (Å²) in [5.74, 6) is 1.27. The van der Waals surface area contributed by atoms with Crippen molar-refractivity contribution in [2.45, 2.75) is 18.9 Å². The van der Waals surface area contributed by atoms with Crippen LogP contribution in [0.4, 0.5) is 0 Å². The van der Waals surface area contributed by atoms with Gasteiger partial charge in [0.15, 0.2) is 5.11 Å². The number of benzene rings is 1. The first-order valence-electron chi connectivity index (χ1n) is 7.85. The van der Waals surface area contributed by atoms with Crippen LogP contribution in [0.15, 0.2) is 39.9 Å². The van der Waals surface area contributed by atoms with Gasteiger partial charge in [-0.1, -0.05) is 23.2 Å². The zero-order chi connectivity index (χ0) is 17.6. The Labute approximate surface area is 161 Å². The predicted molar refractivity (Wildman–Crippen MR) is 104 cm³/mol. The van der Waals surface area contributed by atoms with E-state index in [1.54, 1.807) is 18.3 Å². The Kier molecular flexibility index (Phi) is 6.31. The van der Waals surface area contributed by atoms with Crippen LogP contribution >= 0.6 is 35.4 Å².